The maximum Gasteiger partial charge on any atom is 0.337 e. The zero-order chi connectivity index (χ0) is 25.1. The van der Waals surface area contributed by atoms with Crippen LogP contribution in [0.4, 0.5) is 5.69 Å². The molecule has 0 fully saturated rings. The zero-order valence-corrected chi connectivity index (χ0v) is 20.7. The molecular weight excluding hydrogens is 474 g/mol. The Morgan fingerprint density at radius 3 is 2.44 bits per heavy atom. The van der Waals surface area contributed by atoms with E-state index in [1.165, 1.54) is 18.9 Å². The van der Waals surface area contributed by atoms with Crippen molar-refractivity contribution in [1.82, 2.24) is 14.9 Å². The van der Waals surface area contributed by atoms with E-state index < -0.39 is 17.3 Å². The van der Waals surface area contributed by atoms with Gasteiger partial charge in [0, 0.05) is 11.3 Å². The van der Waals surface area contributed by atoms with Crippen LogP contribution in [0.15, 0.2) is 84.0 Å². The molecule has 4 aromatic rings. The van der Waals surface area contributed by atoms with Gasteiger partial charge in [0.05, 0.1) is 18.7 Å². The highest BCUT2D eigenvalue weighted by molar-refractivity contribution is 8.00. The monoisotopic (exact) mass is 499 g/mol. The summed E-state index contributed by atoms with van der Waals surface area (Å²) in [6, 6.07) is 24.2. The van der Waals surface area contributed by atoms with Gasteiger partial charge >= 0.3 is 5.97 Å². The second kappa shape index (κ2) is 10.2. The van der Waals surface area contributed by atoms with E-state index in [9.17, 15) is 9.59 Å². The highest BCUT2D eigenvalue weighted by Crippen LogP contribution is 2.39. The summed E-state index contributed by atoms with van der Waals surface area (Å²) in [6.45, 7) is 2.06. The van der Waals surface area contributed by atoms with Gasteiger partial charge < -0.3 is 15.5 Å². The molecule has 0 saturated carbocycles. The number of carbonyl (C=O) groups excluding carboxylic acids is 2. The summed E-state index contributed by atoms with van der Waals surface area (Å²) in [5, 5.41) is 11.9. The first-order valence-corrected chi connectivity index (χ1v) is 12.5. The van der Waals surface area contributed by atoms with Gasteiger partial charge in [-0.25, -0.2) is 9.47 Å². The van der Waals surface area contributed by atoms with Crippen molar-refractivity contribution >= 4 is 29.3 Å². The summed E-state index contributed by atoms with van der Waals surface area (Å²) < 4.78 is 6.65. The van der Waals surface area contributed by atoms with E-state index in [1.807, 2.05) is 71.4 Å². The van der Waals surface area contributed by atoms with Gasteiger partial charge in [-0.15, -0.1) is 10.2 Å². The molecule has 182 valence electrons. The second-order valence-corrected chi connectivity index (χ2v) is 9.38. The lowest BCUT2D eigenvalue weighted by Gasteiger charge is -2.33. The lowest BCUT2D eigenvalue weighted by Crippen LogP contribution is -2.41. The van der Waals surface area contributed by atoms with E-state index in [4.69, 9.17) is 4.74 Å². The third-order valence-electron chi connectivity index (χ3n) is 6.07. The van der Waals surface area contributed by atoms with Crippen molar-refractivity contribution in [2.75, 3.05) is 17.9 Å². The number of methoxy groups -OCH3 is 1. The topological polar surface area (TPSA) is 98.1 Å². The number of thioether (sulfide) groups is 1. The number of aromatic nitrogens is 3. The van der Waals surface area contributed by atoms with Crippen molar-refractivity contribution in [1.29, 1.82) is 0 Å². The fraction of sp³-hybridized carbons (Fsp3) is 0.185. The highest BCUT2D eigenvalue weighted by atomic mass is 32.2. The van der Waals surface area contributed by atoms with E-state index in [2.05, 4.69) is 27.9 Å². The van der Waals surface area contributed by atoms with Gasteiger partial charge in [0.2, 0.25) is 11.1 Å². The molecular formula is C27H25N5O3S. The standard InChI is InChI=1S/C27H25N5O3S/c1-3-17-9-7-8-12-21(17)28-25(33)23-22(18-13-15-20(16-14-18)26(34)35-2)31-32-24(29-30-27(32)36-23)19-10-5-4-6-11-19/h4-16,22-23,31H,3H2,1-2H3,(H,28,33)/t22-,23-/m1/s1. The van der Waals surface area contributed by atoms with Crippen LogP contribution in [0.1, 0.15) is 34.5 Å². The number of hydrogen-bond acceptors (Lipinski definition) is 7. The molecule has 1 aromatic heterocycles. The molecule has 0 unspecified atom stereocenters. The van der Waals surface area contributed by atoms with Crippen LogP contribution in [0.2, 0.25) is 0 Å². The molecule has 1 aliphatic heterocycles. The first-order valence-electron chi connectivity index (χ1n) is 11.6. The van der Waals surface area contributed by atoms with Crippen molar-refractivity contribution in [2.24, 2.45) is 0 Å². The van der Waals surface area contributed by atoms with E-state index in [-0.39, 0.29) is 5.91 Å². The molecule has 9 heteroatoms. The number of nitrogens with one attached hydrogen (secondary N) is 2. The van der Waals surface area contributed by atoms with E-state index in [0.717, 1.165) is 28.8 Å². The first-order chi connectivity index (χ1) is 17.6. The smallest absolute Gasteiger partial charge is 0.337 e. The molecule has 0 spiro atoms. The quantitative estimate of drug-likeness (QED) is 0.371. The number of nitrogens with zero attached hydrogens (tertiary/aromatic N) is 3. The fourth-order valence-corrected chi connectivity index (χ4v) is 5.26. The number of anilines is 1. The number of esters is 1. The van der Waals surface area contributed by atoms with Crippen molar-refractivity contribution < 1.29 is 14.3 Å². The zero-order valence-electron chi connectivity index (χ0n) is 19.8. The number of benzene rings is 3. The molecule has 2 heterocycles. The van der Waals surface area contributed by atoms with Crippen LogP contribution in [-0.2, 0) is 16.0 Å². The SMILES string of the molecule is CCc1ccccc1NC(=O)[C@@H]1Sc2nnc(-c3ccccc3)n2N[C@@H]1c1ccc(C(=O)OC)cc1. The molecule has 36 heavy (non-hydrogen) atoms. The lowest BCUT2D eigenvalue weighted by atomic mass is 10.0. The number of aryl methyl sites for hydroxylation is 1. The van der Waals surface area contributed by atoms with Gasteiger partial charge in [0.15, 0.2) is 5.82 Å². The minimum absolute atomic E-state index is 0.147. The maximum atomic E-state index is 13.6. The van der Waals surface area contributed by atoms with Gasteiger partial charge in [-0.3, -0.25) is 4.79 Å². The number of amides is 1. The van der Waals surface area contributed by atoms with Crippen molar-refractivity contribution in [3.8, 4) is 11.4 Å². The number of carbonyl (C=O) groups is 2. The third kappa shape index (κ3) is 4.57. The van der Waals surface area contributed by atoms with Crippen molar-refractivity contribution in [2.45, 2.75) is 29.8 Å². The Labute approximate surface area is 213 Å². The van der Waals surface area contributed by atoms with Crippen molar-refractivity contribution in [3.05, 3.63) is 95.6 Å². The summed E-state index contributed by atoms with van der Waals surface area (Å²) >= 11 is 1.35. The molecule has 1 amide bonds. The van der Waals surface area contributed by atoms with Crippen LogP contribution < -0.4 is 10.7 Å². The molecule has 5 rings (SSSR count). The fourth-order valence-electron chi connectivity index (χ4n) is 4.18. The number of ether oxygens (including phenoxy) is 1. The summed E-state index contributed by atoms with van der Waals surface area (Å²) in [4.78, 5) is 25.6. The molecule has 8 nitrogen and oxygen atoms in total. The van der Waals surface area contributed by atoms with Crippen LogP contribution in [0.5, 0.6) is 0 Å². The molecule has 1 aliphatic rings. The summed E-state index contributed by atoms with van der Waals surface area (Å²) in [5.41, 5.74) is 7.51. The molecule has 2 atom stereocenters. The Balaban J connectivity index is 1.51. The van der Waals surface area contributed by atoms with Crippen molar-refractivity contribution in [3.63, 3.8) is 0 Å². The Morgan fingerprint density at radius 1 is 1.00 bits per heavy atom. The number of fused-ring (bicyclic) bond motifs is 1. The predicted octanol–water partition coefficient (Wildman–Crippen LogP) is 4.69. The number of rotatable bonds is 6. The van der Waals surface area contributed by atoms with Gasteiger partial charge in [-0.2, -0.15) is 0 Å². The summed E-state index contributed by atoms with van der Waals surface area (Å²) in [6.07, 6.45) is 0.805. The van der Waals surface area contributed by atoms with E-state index >= 15 is 0 Å². The average Bonchev–Trinajstić information content (AvgIpc) is 3.36. The predicted molar refractivity (Wildman–Crippen MR) is 139 cm³/mol. The van der Waals surface area contributed by atoms with Gasteiger partial charge in [-0.1, -0.05) is 79.3 Å². The van der Waals surface area contributed by atoms with E-state index in [0.29, 0.717) is 16.5 Å². The van der Waals surface area contributed by atoms with Crippen LogP contribution in [0.3, 0.4) is 0 Å². The summed E-state index contributed by atoms with van der Waals surface area (Å²) in [7, 11) is 1.35. The Morgan fingerprint density at radius 2 is 1.72 bits per heavy atom. The maximum absolute atomic E-state index is 13.6. The van der Waals surface area contributed by atoms with E-state index in [1.54, 1.807) is 12.1 Å². The first kappa shape index (κ1) is 23.6. The average molecular weight is 500 g/mol. The lowest BCUT2D eigenvalue weighted by molar-refractivity contribution is -0.116. The highest BCUT2D eigenvalue weighted by Gasteiger charge is 2.38. The molecule has 0 aliphatic carbocycles. The van der Waals surface area contributed by atoms with Crippen LogP contribution in [-0.4, -0.2) is 39.1 Å². The number of para-hydroxylation sites is 1. The van der Waals surface area contributed by atoms with Crippen LogP contribution >= 0.6 is 11.8 Å². The molecule has 2 N–H and O–H groups in total. The molecule has 0 radical (unpaired) electrons. The Bertz CT molecular complexity index is 1390. The van der Waals surface area contributed by atoms with Gasteiger partial charge in [0.25, 0.3) is 0 Å². The minimum Gasteiger partial charge on any atom is -0.465 e. The third-order valence-corrected chi connectivity index (χ3v) is 7.29. The molecule has 0 saturated heterocycles. The minimum atomic E-state index is -0.542. The van der Waals surface area contributed by atoms with Crippen LogP contribution in [0.25, 0.3) is 11.4 Å². The number of hydrogen-bond donors (Lipinski definition) is 2. The second-order valence-electron chi connectivity index (χ2n) is 8.27. The summed E-state index contributed by atoms with van der Waals surface area (Å²) in [5.74, 6) is 0.0980. The molecule has 3 aromatic carbocycles. The largest absolute Gasteiger partial charge is 0.465 e. The van der Waals surface area contributed by atoms with Gasteiger partial charge in [-0.05, 0) is 35.7 Å². The molecule has 0 bridgehead atoms. The van der Waals surface area contributed by atoms with Crippen LogP contribution in [0, 0.1) is 0 Å². The Hall–Kier alpha value is -4.11. The normalized spacial score (nSPS) is 16.5. The Kier molecular flexibility index (Phi) is 6.73. The van der Waals surface area contributed by atoms with Gasteiger partial charge in [0.1, 0.15) is 5.25 Å².